The molecule has 0 saturated heterocycles. The van der Waals surface area contributed by atoms with E-state index in [2.05, 4.69) is 41.5 Å². The van der Waals surface area contributed by atoms with Crippen LogP contribution >= 0.6 is 0 Å². The van der Waals surface area contributed by atoms with Gasteiger partial charge in [-0.3, -0.25) is 0 Å². The zero-order valence-corrected chi connectivity index (χ0v) is 20.8. The van der Waals surface area contributed by atoms with Crippen molar-refractivity contribution in [1.82, 2.24) is 0 Å². The van der Waals surface area contributed by atoms with E-state index in [-0.39, 0.29) is 0 Å². The van der Waals surface area contributed by atoms with Crippen LogP contribution in [-0.2, 0) is 0 Å². The van der Waals surface area contributed by atoms with Crippen LogP contribution in [0.4, 0.5) is 0 Å². The first-order chi connectivity index (χ1) is 13.8. The van der Waals surface area contributed by atoms with Gasteiger partial charge in [0.15, 0.2) is 0 Å². The topological polar surface area (TPSA) is 0 Å². The van der Waals surface area contributed by atoms with Crippen molar-refractivity contribution in [2.75, 3.05) is 0 Å². The molecule has 0 N–H and O–H groups in total. The highest BCUT2D eigenvalue weighted by atomic mass is 14.6. The molecule has 3 unspecified atom stereocenters. The predicted molar refractivity (Wildman–Crippen MR) is 127 cm³/mol. The molecule has 0 heteroatoms. The van der Waals surface area contributed by atoms with Gasteiger partial charge in [-0.15, -0.1) is 0 Å². The zero-order chi connectivity index (χ0) is 20.8. The molecule has 0 aromatic heterocycles. The lowest BCUT2D eigenvalue weighted by molar-refractivity contribution is -0.121. The molecular weight excluding hydrogens is 348 g/mol. The summed E-state index contributed by atoms with van der Waals surface area (Å²) in [5.41, 5.74) is 1.36. The quantitative estimate of drug-likeness (QED) is 0.417. The average Bonchev–Trinajstić information content (AvgIpc) is 3.04. The van der Waals surface area contributed by atoms with E-state index >= 15 is 0 Å². The van der Waals surface area contributed by atoms with Gasteiger partial charge in [-0.05, 0) is 116 Å². The van der Waals surface area contributed by atoms with Crippen LogP contribution in [0.5, 0.6) is 0 Å². The molecule has 0 aromatic rings. The Morgan fingerprint density at radius 1 is 0.793 bits per heavy atom. The van der Waals surface area contributed by atoms with Crippen molar-refractivity contribution in [3.05, 3.63) is 0 Å². The summed E-state index contributed by atoms with van der Waals surface area (Å²) in [4.78, 5) is 0. The molecular formula is C29H52. The largest absolute Gasteiger partial charge is 0.0651 e. The smallest absolute Gasteiger partial charge is 0.0264 e. The van der Waals surface area contributed by atoms with E-state index in [4.69, 9.17) is 0 Å². The van der Waals surface area contributed by atoms with E-state index in [0.717, 1.165) is 47.3 Å². The van der Waals surface area contributed by atoms with Gasteiger partial charge in [-0.2, -0.15) is 0 Å². The van der Waals surface area contributed by atoms with Gasteiger partial charge in [-0.1, -0.05) is 67.2 Å². The van der Waals surface area contributed by atoms with E-state index in [9.17, 15) is 0 Å². The molecule has 0 heterocycles. The molecule has 0 aliphatic heterocycles. The summed E-state index contributed by atoms with van der Waals surface area (Å²) in [6.45, 7) is 15.4. The Morgan fingerprint density at radius 2 is 1.52 bits per heavy atom. The summed E-state index contributed by atoms with van der Waals surface area (Å²) in [6.07, 6.45) is 19.8. The average molecular weight is 401 g/mol. The predicted octanol–water partition coefficient (Wildman–Crippen LogP) is 9.13. The molecule has 4 aliphatic rings. The molecule has 9 atom stereocenters. The van der Waals surface area contributed by atoms with Gasteiger partial charge in [0, 0.05) is 0 Å². The normalized spacial score (nSPS) is 48.1. The maximum absolute atomic E-state index is 2.76. The summed E-state index contributed by atoms with van der Waals surface area (Å²) in [6, 6.07) is 0. The summed E-state index contributed by atoms with van der Waals surface area (Å²) in [5, 5.41) is 0. The fourth-order valence-electron chi connectivity index (χ4n) is 9.74. The van der Waals surface area contributed by atoms with Gasteiger partial charge in [0.05, 0.1) is 0 Å². The molecule has 0 aromatic carbocycles. The third-order valence-corrected chi connectivity index (χ3v) is 11.6. The monoisotopic (exact) mass is 400 g/mol. The number of hydrogen-bond acceptors (Lipinski definition) is 0. The van der Waals surface area contributed by atoms with Gasteiger partial charge >= 0.3 is 0 Å². The molecule has 0 radical (unpaired) electrons. The van der Waals surface area contributed by atoms with Gasteiger partial charge in [0.25, 0.3) is 0 Å². The van der Waals surface area contributed by atoms with Crippen molar-refractivity contribution in [3.8, 4) is 0 Å². The first-order valence-electron chi connectivity index (χ1n) is 13.8. The third-order valence-electron chi connectivity index (χ3n) is 11.6. The van der Waals surface area contributed by atoms with Crippen molar-refractivity contribution < 1.29 is 0 Å². The molecule has 0 spiro atoms. The molecule has 0 amide bonds. The lowest BCUT2D eigenvalue weighted by Crippen LogP contribution is -2.53. The Hall–Kier alpha value is 0. The lowest BCUT2D eigenvalue weighted by atomic mass is 9.44. The highest BCUT2D eigenvalue weighted by molar-refractivity contribution is 5.09. The molecule has 29 heavy (non-hydrogen) atoms. The van der Waals surface area contributed by atoms with Gasteiger partial charge in [0.2, 0.25) is 0 Å². The van der Waals surface area contributed by atoms with Crippen molar-refractivity contribution in [2.45, 2.75) is 125 Å². The number of hydrogen-bond donors (Lipinski definition) is 0. The Balaban J connectivity index is 1.45. The Labute approximate surface area is 183 Å². The lowest BCUT2D eigenvalue weighted by Gasteiger charge is -2.61. The Kier molecular flexibility index (Phi) is 6.51. The number of fused-ring (bicyclic) bond motifs is 5. The standard InChI is InChI=1S/C29H52/c1-7-22-15-17-28(5)23(19-22)11-12-24-26-14-13-25(21(4)10-8-9-20(2)3)29(26,6)18-16-27(24)28/h20-27H,7-19H2,1-6H3/t21-,22+,23?,24+,25-,26?,27?,28+,29-/m1/s1. The van der Waals surface area contributed by atoms with Crippen LogP contribution in [0.3, 0.4) is 0 Å². The summed E-state index contributed by atoms with van der Waals surface area (Å²) < 4.78 is 0. The number of rotatable bonds is 6. The van der Waals surface area contributed by atoms with Crippen LogP contribution in [0.2, 0.25) is 0 Å². The maximum atomic E-state index is 2.76. The molecule has 4 fully saturated rings. The zero-order valence-electron chi connectivity index (χ0n) is 20.8. The highest BCUT2D eigenvalue weighted by Crippen LogP contribution is 2.68. The van der Waals surface area contributed by atoms with Crippen molar-refractivity contribution in [2.24, 2.45) is 58.2 Å². The Bertz CT molecular complexity index is 548. The van der Waals surface area contributed by atoms with E-state index in [1.165, 1.54) is 32.1 Å². The molecule has 0 nitrogen and oxygen atoms in total. The van der Waals surface area contributed by atoms with Crippen LogP contribution in [0.15, 0.2) is 0 Å². The Morgan fingerprint density at radius 3 is 2.24 bits per heavy atom. The minimum absolute atomic E-state index is 0.669. The third kappa shape index (κ3) is 3.86. The fraction of sp³-hybridized carbons (Fsp3) is 1.00. The summed E-state index contributed by atoms with van der Waals surface area (Å²) >= 11 is 0. The van der Waals surface area contributed by atoms with E-state index in [1.54, 1.807) is 51.4 Å². The van der Waals surface area contributed by atoms with E-state index in [0.29, 0.717) is 10.8 Å². The maximum Gasteiger partial charge on any atom is -0.0264 e. The van der Waals surface area contributed by atoms with E-state index < -0.39 is 0 Å². The minimum Gasteiger partial charge on any atom is -0.0651 e. The van der Waals surface area contributed by atoms with Crippen LogP contribution in [-0.4, -0.2) is 0 Å². The second-order valence-electron chi connectivity index (χ2n) is 13.2. The SMILES string of the molecule is CC[C@H]1CC[C@@]2(C)C(CC[C@@H]3C2CC[C@@]2(C)C3CC[C@@H]2[C@H](C)CCCC(C)C)C1. The van der Waals surface area contributed by atoms with Crippen molar-refractivity contribution in [3.63, 3.8) is 0 Å². The second-order valence-corrected chi connectivity index (χ2v) is 13.2. The fourth-order valence-corrected chi connectivity index (χ4v) is 9.74. The molecule has 0 bridgehead atoms. The first kappa shape index (κ1) is 22.2. The summed E-state index contributed by atoms with van der Waals surface area (Å²) in [5.74, 6) is 8.13. The van der Waals surface area contributed by atoms with Gasteiger partial charge < -0.3 is 0 Å². The van der Waals surface area contributed by atoms with Gasteiger partial charge in [0.1, 0.15) is 0 Å². The van der Waals surface area contributed by atoms with Crippen LogP contribution in [0.1, 0.15) is 125 Å². The van der Waals surface area contributed by atoms with E-state index in [1.807, 2.05) is 0 Å². The second kappa shape index (κ2) is 8.50. The molecule has 168 valence electrons. The molecule has 4 rings (SSSR count). The molecule has 4 aliphatic carbocycles. The first-order valence-corrected chi connectivity index (χ1v) is 13.8. The molecule has 4 saturated carbocycles. The van der Waals surface area contributed by atoms with Crippen LogP contribution < -0.4 is 0 Å². The van der Waals surface area contributed by atoms with Crippen molar-refractivity contribution >= 4 is 0 Å². The van der Waals surface area contributed by atoms with Gasteiger partial charge in [-0.25, -0.2) is 0 Å². The highest BCUT2D eigenvalue weighted by Gasteiger charge is 2.60. The van der Waals surface area contributed by atoms with Crippen molar-refractivity contribution in [1.29, 1.82) is 0 Å². The van der Waals surface area contributed by atoms with Crippen LogP contribution in [0.25, 0.3) is 0 Å². The minimum atomic E-state index is 0.669. The van der Waals surface area contributed by atoms with Crippen LogP contribution in [0, 0.1) is 58.2 Å². The summed E-state index contributed by atoms with van der Waals surface area (Å²) in [7, 11) is 0.